The Kier molecular flexibility index (Phi) is 5.02. The fourth-order valence-corrected chi connectivity index (χ4v) is 4.16. The van der Waals surface area contributed by atoms with E-state index in [0.717, 1.165) is 28.2 Å². The fraction of sp³-hybridized carbons (Fsp3) is 0.333. The highest BCUT2D eigenvalue weighted by Gasteiger charge is 2.51. The molecular formula is C21H18ClF3N2O2. The number of amides is 2. The average Bonchev–Trinajstić information content (AvgIpc) is 3.03. The molecule has 2 amide bonds. The number of hydrogen-bond acceptors (Lipinski definition) is 2. The molecule has 2 aromatic carbocycles. The van der Waals surface area contributed by atoms with Gasteiger partial charge in [-0.15, -0.1) is 0 Å². The first kappa shape index (κ1) is 19.8. The summed E-state index contributed by atoms with van der Waals surface area (Å²) < 4.78 is 42.0. The van der Waals surface area contributed by atoms with Crippen LogP contribution in [0.15, 0.2) is 42.5 Å². The Morgan fingerprint density at radius 3 is 2.59 bits per heavy atom. The lowest BCUT2D eigenvalue weighted by molar-refractivity contribution is -0.136. The number of benzene rings is 2. The number of hydrogen-bond donors (Lipinski definition) is 0. The molecule has 0 aromatic heterocycles. The summed E-state index contributed by atoms with van der Waals surface area (Å²) in [6.07, 6.45) is -0.142. The molecule has 2 aliphatic heterocycles. The van der Waals surface area contributed by atoms with Crippen LogP contribution in [0.5, 0.6) is 0 Å². The molecule has 0 saturated carbocycles. The lowest BCUT2D eigenvalue weighted by atomic mass is 9.99. The van der Waals surface area contributed by atoms with E-state index in [1.165, 1.54) is 11.0 Å². The lowest BCUT2D eigenvalue weighted by Crippen LogP contribution is -2.49. The summed E-state index contributed by atoms with van der Waals surface area (Å²) in [5.41, 5.74) is 1.85. The van der Waals surface area contributed by atoms with Gasteiger partial charge < -0.3 is 9.80 Å². The van der Waals surface area contributed by atoms with Gasteiger partial charge in [0.15, 0.2) is 0 Å². The number of carbonyl (C=O) groups is 2. The third-order valence-corrected chi connectivity index (χ3v) is 5.75. The summed E-state index contributed by atoms with van der Waals surface area (Å²) in [6, 6.07) is 9.50. The van der Waals surface area contributed by atoms with Gasteiger partial charge in [-0.1, -0.05) is 35.9 Å². The Hall–Kier alpha value is -2.54. The zero-order valence-corrected chi connectivity index (χ0v) is 16.1. The molecule has 8 heteroatoms. The highest BCUT2D eigenvalue weighted by Crippen LogP contribution is 2.35. The number of carbonyl (C=O) groups excluding carboxylic acids is 2. The molecule has 152 valence electrons. The second-order valence-corrected chi connectivity index (χ2v) is 7.82. The predicted octanol–water partition coefficient (Wildman–Crippen LogP) is 3.91. The zero-order valence-electron chi connectivity index (χ0n) is 15.4. The number of fused-ring (bicyclic) bond motifs is 1. The van der Waals surface area contributed by atoms with Crippen LogP contribution in [0.3, 0.4) is 0 Å². The standard InChI is InChI=1S/C21H18ClF3N2O2/c22-17-6-5-15(23)9-16(17)19(28)27-12-21(24,25)10-18(27)20(29)26-8-7-13-3-1-2-4-14(13)11-26/h1-6,9,18H,7-8,10-12H2/t18-/m0/s1. The third-order valence-electron chi connectivity index (χ3n) is 5.42. The van der Waals surface area contributed by atoms with Crippen LogP contribution in [0.4, 0.5) is 13.2 Å². The van der Waals surface area contributed by atoms with Crippen molar-refractivity contribution in [3.05, 3.63) is 70.0 Å². The average molecular weight is 423 g/mol. The Balaban J connectivity index is 1.60. The van der Waals surface area contributed by atoms with E-state index in [9.17, 15) is 22.8 Å². The second kappa shape index (κ2) is 7.37. The van der Waals surface area contributed by atoms with Gasteiger partial charge in [0, 0.05) is 19.5 Å². The van der Waals surface area contributed by atoms with Gasteiger partial charge in [-0.2, -0.15) is 0 Å². The van der Waals surface area contributed by atoms with Crippen LogP contribution in [-0.4, -0.2) is 46.7 Å². The van der Waals surface area contributed by atoms with E-state index >= 15 is 0 Å². The number of likely N-dealkylation sites (tertiary alicyclic amines) is 1. The molecule has 4 rings (SSSR count). The lowest BCUT2D eigenvalue weighted by Gasteiger charge is -2.33. The van der Waals surface area contributed by atoms with Gasteiger partial charge in [0.25, 0.3) is 11.8 Å². The molecule has 1 saturated heterocycles. The number of rotatable bonds is 2. The van der Waals surface area contributed by atoms with Gasteiger partial charge in [-0.25, -0.2) is 13.2 Å². The molecule has 0 radical (unpaired) electrons. The molecular weight excluding hydrogens is 405 g/mol. The Bertz CT molecular complexity index is 982. The maximum atomic E-state index is 14.2. The minimum Gasteiger partial charge on any atom is -0.336 e. The third kappa shape index (κ3) is 3.83. The van der Waals surface area contributed by atoms with E-state index in [1.807, 2.05) is 24.3 Å². The van der Waals surface area contributed by atoms with Crippen molar-refractivity contribution in [1.82, 2.24) is 9.80 Å². The molecule has 0 N–H and O–H groups in total. The monoisotopic (exact) mass is 422 g/mol. The quantitative estimate of drug-likeness (QED) is 0.736. The SMILES string of the molecule is O=C([C@@H]1CC(F)(F)CN1C(=O)c1cc(F)ccc1Cl)N1CCc2ccccc2C1. The zero-order chi connectivity index (χ0) is 20.8. The van der Waals surface area contributed by atoms with E-state index in [4.69, 9.17) is 11.6 Å². The molecule has 0 bridgehead atoms. The van der Waals surface area contributed by atoms with Crippen molar-refractivity contribution in [2.75, 3.05) is 13.1 Å². The topological polar surface area (TPSA) is 40.6 Å². The predicted molar refractivity (Wildman–Crippen MR) is 101 cm³/mol. The maximum Gasteiger partial charge on any atom is 0.267 e. The molecule has 4 nitrogen and oxygen atoms in total. The molecule has 2 aromatic rings. The molecule has 2 heterocycles. The van der Waals surface area contributed by atoms with Crippen LogP contribution < -0.4 is 0 Å². The van der Waals surface area contributed by atoms with E-state index in [0.29, 0.717) is 19.5 Å². The summed E-state index contributed by atoms with van der Waals surface area (Å²) in [5, 5.41) is -0.0512. The fourth-order valence-electron chi connectivity index (χ4n) is 3.96. The van der Waals surface area contributed by atoms with E-state index in [-0.39, 0.29) is 10.6 Å². The summed E-state index contributed by atoms with van der Waals surface area (Å²) in [5.74, 6) is -5.32. The van der Waals surface area contributed by atoms with Crippen LogP contribution in [0.2, 0.25) is 5.02 Å². The van der Waals surface area contributed by atoms with Crippen molar-refractivity contribution in [2.24, 2.45) is 0 Å². The van der Waals surface area contributed by atoms with Gasteiger partial charge in [-0.05, 0) is 35.7 Å². The second-order valence-electron chi connectivity index (χ2n) is 7.41. The first-order valence-corrected chi connectivity index (χ1v) is 9.62. The van der Waals surface area contributed by atoms with Gasteiger partial charge in [0.2, 0.25) is 5.91 Å². The van der Waals surface area contributed by atoms with Crippen LogP contribution in [0, 0.1) is 5.82 Å². The highest BCUT2D eigenvalue weighted by atomic mass is 35.5. The molecule has 1 atom stereocenters. The normalized spacial score (nSPS) is 20.5. The molecule has 29 heavy (non-hydrogen) atoms. The Morgan fingerprint density at radius 1 is 1.10 bits per heavy atom. The van der Waals surface area contributed by atoms with Crippen molar-refractivity contribution in [2.45, 2.75) is 31.4 Å². The minimum atomic E-state index is -3.20. The first-order chi connectivity index (χ1) is 13.7. The van der Waals surface area contributed by atoms with Crippen molar-refractivity contribution in [3.63, 3.8) is 0 Å². The maximum absolute atomic E-state index is 14.2. The summed E-state index contributed by atoms with van der Waals surface area (Å²) in [7, 11) is 0. The first-order valence-electron chi connectivity index (χ1n) is 9.24. The van der Waals surface area contributed by atoms with E-state index < -0.39 is 42.6 Å². The number of alkyl halides is 2. The van der Waals surface area contributed by atoms with E-state index in [2.05, 4.69) is 0 Å². The Morgan fingerprint density at radius 2 is 1.83 bits per heavy atom. The van der Waals surface area contributed by atoms with Crippen molar-refractivity contribution >= 4 is 23.4 Å². The van der Waals surface area contributed by atoms with Crippen LogP contribution >= 0.6 is 11.6 Å². The van der Waals surface area contributed by atoms with Gasteiger partial charge in [0.05, 0.1) is 17.1 Å². The summed E-state index contributed by atoms with van der Waals surface area (Å²) >= 11 is 5.98. The molecule has 0 spiro atoms. The van der Waals surface area contributed by atoms with Gasteiger partial charge in [-0.3, -0.25) is 9.59 Å². The van der Waals surface area contributed by atoms with Crippen molar-refractivity contribution < 1.29 is 22.8 Å². The van der Waals surface area contributed by atoms with Crippen molar-refractivity contribution in [1.29, 1.82) is 0 Å². The Labute approximate surface area is 170 Å². The van der Waals surface area contributed by atoms with Crippen LogP contribution in [-0.2, 0) is 17.8 Å². The highest BCUT2D eigenvalue weighted by molar-refractivity contribution is 6.33. The molecule has 2 aliphatic rings. The molecule has 1 fully saturated rings. The number of halogens is 4. The smallest absolute Gasteiger partial charge is 0.267 e. The van der Waals surface area contributed by atoms with Crippen molar-refractivity contribution in [3.8, 4) is 0 Å². The minimum absolute atomic E-state index is 0.0512. The van der Waals surface area contributed by atoms with E-state index in [1.54, 1.807) is 0 Å². The molecule has 0 unspecified atom stereocenters. The molecule has 0 aliphatic carbocycles. The van der Waals surface area contributed by atoms with Crippen LogP contribution in [0.1, 0.15) is 27.9 Å². The largest absolute Gasteiger partial charge is 0.336 e. The van der Waals surface area contributed by atoms with Gasteiger partial charge >= 0.3 is 0 Å². The van der Waals surface area contributed by atoms with Crippen LogP contribution in [0.25, 0.3) is 0 Å². The van der Waals surface area contributed by atoms with Gasteiger partial charge in [0.1, 0.15) is 11.9 Å². The number of nitrogens with zero attached hydrogens (tertiary/aromatic N) is 2. The summed E-state index contributed by atoms with van der Waals surface area (Å²) in [6.45, 7) is -0.208. The summed E-state index contributed by atoms with van der Waals surface area (Å²) in [4.78, 5) is 28.3.